The first-order chi connectivity index (χ1) is 10.9. The van der Waals surface area contributed by atoms with Gasteiger partial charge in [0.25, 0.3) is 0 Å². The number of furan rings is 1. The molecular weight excluding hydrogens is 274 g/mol. The molecule has 0 aliphatic carbocycles. The molecule has 1 aromatic heterocycles. The maximum absolute atomic E-state index is 6.08. The highest BCUT2D eigenvalue weighted by atomic mass is 16.5. The van der Waals surface area contributed by atoms with Crippen LogP contribution in [-0.4, -0.2) is 6.61 Å². The molecule has 0 amide bonds. The van der Waals surface area contributed by atoms with E-state index in [1.54, 1.807) is 6.26 Å². The van der Waals surface area contributed by atoms with Crippen LogP contribution < -0.4 is 5.32 Å². The third-order valence-corrected chi connectivity index (χ3v) is 4.98. The zero-order chi connectivity index (χ0) is 14.5. The molecule has 2 aliphatic heterocycles. The van der Waals surface area contributed by atoms with Crippen molar-refractivity contribution in [3.05, 3.63) is 66.1 Å². The van der Waals surface area contributed by atoms with Crippen LogP contribution in [0.15, 0.2) is 59.2 Å². The Morgan fingerprint density at radius 2 is 1.95 bits per heavy atom. The lowest BCUT2D eigenvalue weighted by atomic mass is 9.82. The van der Waals surface area contributed by atoms with Gasteiger partial charge in [0.2, 0.25) is 0 Å². The van der Waals surface area contributed by atoms with E-state index in [9.17, 15) is 0 Å². The van der Waals surface area contributed by atoms with Crippen LogP contribution in [0.2, 0.25) is 0 Å². The standard InChI is InChI=1S/C19H17NO2/c1-2-5-13-12(4-1)7-8-14-17(13)20-18(16-6-3-10-21-16)15-9-11-22-19(14)15/h1-8,10,15,18-20H,9,11H2/t15-,18-,19-/m1/s1. The fourth-order valence-corrected chi connectivity index (χ4v) is 3.97. The molecule has 22 heavy (non-hydrogen) atoms. The van der Waals surface area contributed by atoms with Crippen LogP contribution >= 0.6 is 0 Å². The summed E-state index contributed by atoms with van der Waals surface area (Å²) in [4.78, 5) is 0. The quantitative estimate of drug-likeness (QED) is 0.707. The first-order valence-corrected chi connectivity index (χ1v) is 7.85. The van der Waals surface area contributed by atoms with Gasteiger partial charge in [-0.15, -0.1) is 0 Å². The van der Waals surface area contributed by atoms with Crippen molar-refractivity contribution in [1.29, 1.82) is 0 Å². The minimum absolute atomic E-state index is 0.163. The van der Waals surface area contributed by atoms with Gasteiger partial charge in [-0.3, -0.25) is 0 Å². The normalized spacial score (nSPS) is 26.5. The Bertz CT molecular complexity index is 825. The molecule has 0 bridgehead atoms. The molecule has 0 spiro atoms. The van der Waals surface area contributed by atoms with E-state index in [2.05, 4.69) is 47.8 Å². The number of benzene rings is 2. The average molecular weight is 291 g/mol. The maximum atomic E-state index is 6.08. The summed E-state index contributed by atoms with van der Waals surface area (Å²) in [6.07, 6.45) is 2.98. The van der Waals surface area contributed by atoms with E-state index in [0.717, 1.165) is 18.8 Å². The minimum atomic E-state index is 0.163. The Labute approximate surface area is 128 Å². The zero-order valence-corrected chi connectivity index (χ0v) is 12.2. The molecule has 5 rings (SSSR count). The predicted molar refractivity (Wildman–Crippen MR) is 85.8 cm³/mol. The molecule has 0 unspecified atom stereocenters. The summed E-state index contributed by atoms with van der Waals surface area (Å²) in [5.74, 6) is 1.43. The molecule has 0 saturated carbocycles. The molecule has 1 N–H and O–H groups in total. The van der Waals surface area contributed by atoms with Crippen LogP contribution in [0.5, 0.6) is 0 Å². The molecule has 110 valence electrons. The van der Waals surface area contributed by atoms with E-state index in [-0.39, 0.29) is 12.1 Å². The fourth-order valence-electron chi connectivity index (χ4n) is 3.97. The maximum Gasteiger partial charge on any atom is 0.126 e. The molecule has 3 heterocycles. The molecule has 3 atom stereocenters. The number of hydrogen-bond acceptors (Lipinski definition) is 3. The van der Waals surface area contributed by atoms with E-state index in [0.29, 0.717) is 5.92 Å². The lowest BCUT2D eigenvalue weighted by molar-refractivity contribution is 0.0810. The molecule has 1 fully saturated rings. The highest BCUT2D eigenvalue weighted by molar-refractivity contribution is 5.96. The molecule has 0 radical (unpaired) electrons. The number of ether oxygens (including phenoxy) is 1. The van der Waals surface area contributed by atoms with Gasteiger partial charge < -0.3 is 14.5 Å². The largest absolute Gasteiger partial charge is 0.467 e. The van der Waals surface area contributed by atoms with Gasteiger partial charge in [0.05, 0.1) is 18.4 Å². The van der Waals surface area contributed by atoms with Crippen LogP contribution in [0.3, 0.4) is 0 Å². The molecule has 2 aromatic carbocycles. The number of rotatable bonds is 1. The van der Waals surface area contributed by atoms with Gasteiger partial charge in [-0.2, -0.15) is 0 Å². The van der Waals surface area contributed by atoms with Gasteiger partial charge in [0.15, 0.2) is 0 Å². The summed E-state index contributed by atoms with van der Waals surface area (Å²) in [6, 6.07) is 17.1. The van der Waals surface area contributed by atoms with Crippen molar-refractivity contribution in [2.24, 2.45) is 5.92 Å². The van der Waals surface area contributed by atoms with Gasteiger partial charge in [-0.25, -0.2) is 0 Å². The molecule has 3 nitrogen and oxygen atoms in total. The van der Waals surface area contributed by atoms with E-state index >= 15 is 0 Å². The number of anilines is 1. The van der Waals surface area contributed by atoms with Gasteiger partial charge >= 0.3 is 0 Å². The first kappa shape index (κ1) is 12.3. The summed E-state index contributed by atoms with van der Waals surface area (Å²) in [5, 5.41) is 6.25. The number of hydrogen-bond donors (Lipinski definition) is 1. The summed E-state index contributed by atoms with van der Waals surface area (Å²) >= 11 is 0. The Hall–Kier alpha value is -2.26. The van der Waals surface area contributed by atoms with Crippen molar-refractivity contribution in [2.45, 2.75) is 18.6 Å². The van der Waals surface area contributed by atoms with Crippen LogP contribution in [0.4, 0.5) is 5.69 Å². The first-order valence-electron chi connectivity index (χ1n) is 7.85. The lowest BCUT2D eigenvalue weighted by Crippen LogP contribution is -2.29. The van der Waals surface area contributed by atoms with E-state index in [4.69, 9.17) is 9.15 Å². The van der Waals surface area contributed by atoms with Crippen molar-refractivity contribution in [3.8, 4) is 0 Å². The summed E-state index contributed by atoms with van der Waals surface area (Å²) in [5.41, 5.74) is 2.48. The second kappa shape index (κ2) is 4.62. The molecule has 2 aliphatic rings. The van der Waals surface area contributed by atoms with Crippen molar-refractivity contribution < 1.29 is 9.15 Å². The minimum Gasteiger partial charge on any atom is -0.467 e. The average Bonchev–Trinajstić information content (AvgIpc) is 3.25. The SMILES string of the molecule is c1coc([C@@H]2Nc3c(ccc4ccccc34)[C@H]3OCC[C@@H]32)c1. The third-order valence-electron chi connectivity index (χ3n) is 4.98. The third kappa shape index (κ3) is 1.66. The van der Waals surface area contributed by atoms with E-state index in [1.165, 1.54) is 22.0 Å². The number of fused-ring (bicyclic) bond motifs is 5. The lowest BCUT2D eigenvalue weighted by Gasteiger charge is -2.35. The van der Waals surface area contributed by atoms with Crippen molar-refractivity contribution in [3.63, 3.8) is 0 Å². The smallest absolute Gasteiger partial charge is 0.126 e. The van der Waals surface area contributed by atoms with E-state index < -0.39 is 0 Å². The molecular formula is C19H17NO2. The Kier molecular flexibility index (Phi) is 2.58. The summed E-state index contributed by atoms with van der Waals surface area (Å²) in [6.45, 7) is 0.820. The highest BCUT2D eigenvalue weighted by Gasteiger charge is 2.42. The topological polar surface area (TPSA) is 34.4 Å². The monoisotopic (exact) mass is 291 g/mol. The van der Waals surface area contributed by atoms with Gasteiger partial charge in [-0.1, -0.05) is 36.4 Å². The van der Waals surface area contributed by atoms with Gasteiger partial charge in [-0.05, 0) is 23.9 Å². The second-order valence-electron chi connectivity index (χ2n) is 6.13. The Morgan fingerprint density at radius 3 is 2.86 bits per heavy atom. The highest BCUT2D eigenvalue weighted by Crippen LogP contribution is 2.51. The van der Waals surface area contributed by atoms with Crippen LogP contribution in [0.25, 0.3) is 10.8 Å². The van der Waals surface area contributed by atoms with Crippen LogP contribution in [0.1, 0.15) is 29.9 Å². The molecule has 1 saturated heterocycles. The fraction of sp³-hybridized carbons (Fsp3) is 0.263. The summed E-state index contributed by atoms with van der Waals surface area (Å²) < 4.78 is 11.8. The summed E-state index contributed by atoms with van der Waals surface area (Å²) in [7, 11) is 0. The Balaban J connectivity index is 1.72. The molecule has 3 heteroatoms. The predicted octanol–water partition coefficient (Wildman–Crippen LogP) is 4.68. The van der Waals surface area contributed by atoms with Crippen LogP contribution in [-0.2, 0) is 4.74 Å². The van der Waals surface area contributed by atoms with Crippen LogP contribution in [0, 0.1) is 5.92 Å². The van der Waals surface area contributed by atoms with E-state index in [1.807, 2.05) is 6.07 Å². The number of nitrogens with one attached hydrogen (secondary N) is 1. The Morgan fingerprint density at radius 1 is 1.00 bits per heavy atom. The van der Waals surface area contributed by atoms with Gasteiger partial charge in [0, 0.05) is 29.2 Å². The second-order valence-corrected chi connectivity index (χ2v) is 6.13. The zero-order valence-electron chi connectivity index (χ0n) is 12.2. The molecule has 3 aromatic rings. The van der Waals surface area contributed by atoms with Crippen molar-refractivity contribution in [2.75, 3.05) is 11.9 Å². The van der Waals surface area contributed by atoms with Crippen molar-refractivity contribution >= 4 is 16.5 Å². The van der Waals surface area contributed by atoms with Gasteiger partial charge in [0.1, 0.15) is 5.76 Å². The van der Waals surface area contributed by atoms with Crippen molar-refractivity contribution in [1.82, 2.24) is 0 Å².